The normalized spacial score (nSPS) is 14.1. The zero-order chi connectivity index (χ0) is 25.1. The second-order valence-corrected chi connectivity index (χ2v) is 10.7. The van der Waals surface area contributed by atoms with E-state index in [4.69, 9.17) is 11.6 Å². The Morgan fingerprint density at radius 1 is 1.06 bits per heavy atom. The lowest BCUT2D eigenvalue weighted by molar-refractivity contribution is -0.105. The SMILES string of the molecule is C=C(c1sc2ccccc2c1Cl)N(Cc1cc(-c2ccc(NC=O)cc2)ccc1F)C1CCCCC1. The molecule has 1 fully saturated rings. The molecule has 5 rings (SSSR count). The maximum absolute atomic E-state index is 15.2. The van der Waals surface area contributed by atoms with Gasteiger partial charge in [0.2, 0.25) is 6.41 Å². The Labute approximate surface area is 220 Å². The van der Waals surface area contributed by atoms with Crippen molar-refractivity contribution < 1.29 is 9.18 Å². The predicted octanol–water partition coefficient (Wildman–Crippen LogP) is 8.73. The summed E-state index contributed by atoms with van der Waals surface area (Å²) in [6.45, 7) is 4.91. The van der Waals surface area contributed by atoms with Crippen LogP contribution in [0, 0.1) is 5.82 Å². The monoisotopic (exact) mass is 518 g/mol. The Morgan fingerprint density at radius 3 is 2.50 bits per heavy atom. The van der Waals surface area contributed by atoms with E-state index in [1.807, 2.05) is 48.5 Å². The third-order valence-corrected chi connectivity index (χ3v) is 8.71. The van der Waals surface area contributed by atoms with Gasteiger partial charge in [0.1, 0.15) is 5.82 Å². The van der Waals surface area contributed by atoms with Gasteiger partial charge in [0.05, 0.1) is 9.90 Å². The van der Waals surface area contributed by atoms with Gasteiger partial charge >= 0.3 is 0 Å². The zero-order valence-electron chi connectivity index (χ0n) is 20.0. The molecule has 0 saturated heterocycles. The summed E-state index contributed by atoms with van der Waals surface area (Å²) in [6, 6.07) is 21.2. The lowest BCUT2D eigenvalue weighted by Crippen LogP contribution is -2.35. The van der Waals surface area contributed by atoms with Crippen LogP contribution in [0.25, 0.3) is 26.9 Å². The molecular formula is C30H28ClFN2OS. The van der Waals surface area contributed by atoms with E-state index in [9.17, 15) is 4.79 Å². The van der Waals surface area contributed by atoms with Gasteiger partial charge in [-0.25, -0.2) is 4.39 Å². The number of hydrogen-bond acceptors (Lipinski definition) is 3. The minimum atomic E-state index is -0.228. The van der Waals surface area contributed by atoms with Crippen LogP contribution in [0.2, 0.25) is 5.02 Å². The molecule has 1 saturated carbocycles. The Bertz CT molecular complexity index is 1390. The average Bonchev–Trinajstić information content (AvgIpc) is 3.25. The smallest absolute Gasteiger partial charge is 0.211 e. The first-order valence-electron chi connectivity index (χ1n) is 12.3. The quantitative estimate of drug-likeness (QED) is 0.236. The second-order valence-electron chi connectivity index (χ2n) is 9.25. The number of nitrogens with one attached hydrogen (secondary N) is 1. The number of rotatable bonds is 8. The molecule has 6 heteroatoms. The van der Waals surface area contributed by atoms with Gasteiger partial charge in [0, 0.05) is 39.6 Å². The molecule has 36 heavy (non-hydrogen) atoms. The highest BCUT2D eigenvalue weighted by Gasteiger charge is 2.26. The largest absolute Gasteiger partial charge is 0.363 e. The van der Waals surface area contributed by atoms with Crippen molar-refractivity contribution in [1.29, 1.82) is 0 Å². The number of thiophene rings is 1. The Balaban J connectivity index is 1.48. The van der Waals surface area contributed by atoms with Crippen LogP contribution in [0.15, 0.2) is 73.3 Å². The number of hydrogen-bond donors (Lipinski definition) is 1. The molecule has 1 heterocycles. The Hall–Kier alpha value is -3.15. The lowest BCUT2D eigenvalue weighted by atomic mass is 9.93. The fourth-order valence-electron chi connectivity index (χ4n) is 5.05. The highest BCUT2D eigenvalue weighted by atomic mass is 35.5. The van der Waals surface area contributed by atoms with E-state index in [0.717, 1.165) is 68.2 Å². The van der Waals surface area contributed by atoms with Crippen LogP contribution < -0.4 is 5.32 Å². The van der Waals surface area contributed by atoms with Crippen LogP contribution in [0.1, 0.15) is 42.5 Å². The molecule has 0 bridgehead atoms. The van der Waals surface area contributed by atoms with Crippen LogP contribution in [0.5, 0.6) is 0 Å². The maximum Gasteiger partial charge on any atom is 0.211 e. The number of amides is 1. The summed E-state index contributed by atoms with van der Waals surface area (Å²) >= 11 is 8.48. The van der Waals surface area contributed by atoms with Crippen molar-refractivity contribution in [3.63, 3.8) is 0 Å². The molecule has 0 radical (unpaired) electrons. The third-order valence-electron chi connectivity index (χ3n) is 6.99. The number of benzene rings is 3. The van der Waals surface area contributed by atoms with E-state index in [2.05, 4.69) is 22.9 Å². The van der Waals surface area contributed by atoms with Crippen LogP contribution in [0.4, 0.5) is 10.1 Å². The van der Waals surface area contributed by atoms with Crippen molar-refractivity contribution >= 4 is 50.8 Å². The van der Waals surface area contributed by atoms with Gasteiger partial charge in [-0.3, -0.25) is 4.79 Å². The molecule has 1 aliphatic carbocycles. The van der Waals surface area contributed by atoms with Gasteiger partial charge < -0.3 is 10.2 Å². The van der Waals surface area contributed by atoms with Crippen molar-refractivity contribution in [2.45, 2.75) is 44.7 Å². The summed E-state index contributed by atoms with van der Waals surface area (Å²) in [7, 11) is 0. The fourth-order valence-corrected chi connectivity index (χ4v) is 6.58. The van der Waals surface area contributed by atoms with E-state index in [-0.39, 0.29) is 5.82 Å². The molecule has 0 unspecified atom stereocenters. The number of halogens is 2. The van der Waals surface area contributed by atoms with Gasteiger partial charge in [-0.05, 0) is 54.3 Å². The topological polar surface area (TPSA) is 32.3 Å². The average molecular weight is 519 g/mol. The number of carbonyl (C=O) groups is 1. The van der Waals surface area contributed by atoms with E-state index in [1.165, 1.54) is 12.5 Å². The lowest BCUT2D eigenvalue weighted by Gasteiger charge is -2.37. The van der Waals surface area contributed by atoms with Gasteiger partial charge in [-0.1, -0.05) is 73.8 Å². The molecule has 3 aromatic carbocycles. The summed E-state index contributed by atoms with van der Waals surface area (Å²) in [6.07, 6.45) is 6.35. The van der Waals surface area contributed by atoms with E-state index in [1.54, 1.807) is 17.4 Å². The molecule has 184 valence electrons. The number of carbonyl (C=O) groups excluding carboxylic acids is 1. The van der Waals surface area contributed by atoms with Crippen LogP contribution in [-0.2, 0) is 11.3 Å². The predicted molar refractivity (Wildman–Crippen MR) is 150 cm³/mol. The van der Waals surface area contributed by atoms with Crippen molar-refractivity contribution in [1.82, 2.24) is 4.90 Å². The second kappa shape index (κ2) is 10.9. The Kier molecular flexibility index (Phi) is 7.40. The molecule has 1 amide bonds. The molecule has 3 nitrogen and oxygen atoms in total. The van der Waals surface area contributed by atoms with Crippen LogP contribution in [0.3, 0.4) is 0 Å². The first-order valence-corrected chi connectivity index (χ1v) is 13.5. The minimum absolute atomic E-state index is 0.228. The first kappa shape index (κ1) is 24.5. The van der Waals surface area contributed by atoms with Crippen molar-refractivity contribution in [2.24, 2.45) is 0 Å². The summed E-state index contributed by atoms with van der Waals surface area (Å²) in [5, 5.41) is 4.40. The van der Waals surface area contributed by atoms with E-state index < -0.39 is 0 Å². The summed E-state index contributed by atoms with van der Waals surface area (Å²) < 4.78 is 16.3. The molecular weight excluding hydrogens is 491 g/mol. The standard InChI is InChI=1S/C30H28ClFN2OS/c1-20(30-29(31)26-9-5-6-10-28(26)36-30)34(25-7-3-2-4-8-25)18-23-17-22(13-16-27(23)32)21-11-14-24(15-12-21)33-19-35/h5-6,9-17,19,25H,1-4,7-8,18H2,(H,33,35). The minimum Gasteiger partial charge on any atom is -0.363 e. The number of fused-ring (bicyclic) bond motifs is 1. The summed E-state index contributed by atoms with van der Waals surface area (Å²) in [4.78, 5) is 13.9. The van der Waals surface area contributed by atoms with E-state index >= 15 is 4.39 Å². The summed E-state index contributed by atoms with van der Waals surface area (Å²) in [5.41, 5.74) is 4.10. The molecule has 1 N–H and O–H groups in total. The van der Waals surface area contributed by atoms with Gasteiger partial charge in [0.15, 0.2) is 0 Å². The zero-order valence-corrected chi connectivity index (χ0v) is 21.5. The molecule has 0 atom stereocenters. The highest BCUT2D eigenvalue weighted by molar-refractivity contribution is 7.20. The molecule has 0 spiro atoms. The van der Waals surface area contributed by atoms with Crippen LogP contribution >= 0.6 is 22.9 Å². The Morgan fingerprint density at radius 2 is 1.78 bits per heavy atom. The number of nitrogens with zero attached hydrogens (tertiary/aromatic N) is 1. The van der Waals surface area contributed by atoms with Crippen molar-refractivity contribution in [3.05, 3.63) is 94.6 Å². The van der Waals surface area contributed by atoms with Gasteiger partial charge in [-0.2, -0.15) is 0 Å². The first-order chi connectivity index (χ1) is 17.5. The fraction of sp³-hybridized carbons (Fsp3) is 0.233. The highest BCUT2D eigenvalue weighted by Crippen LogP contribution is 2.42. The van der Waals surface area contributed by atoms with Gasteiger partial charge in [0.25, 0.3) is 0 Å². The van der Waals surface area contributed by atoms with Crippen LogP contribution in [-0.4, -0.2) is 17.4 Å². The number of anilines is 1. The molecule has 4 aromatic rings. The summed E-state index contributed by atoms with van der Waals surface area (Å²) in [5.74, 6) is -0.228. The molecule has 1 aromatic heterocycles. The van der Waals surface area contributed by atoms with Crippen molar-refractivity contribution in [2.75, 3.05) is 5.32 Å². The third kappa shape index (κ3) is 5.04. The molecule has 0 aliphatic heterocycles. The maximum atomic E-state index is 15.2. The van der Waals surface area contributed by atoms with Gasteiger partial charge in [-0.15, -0.1) is 11.3 Å². The van der Waals surface area contributed by atoms with Crippen molar-refractivity contribution in [3.8, 4) is 11.1 Å². The van der Waals surface area contributed by atoms with E-state index in [0.29, 0.717) is 24.6 Å². The molecule has 1 aliphatic rings.